The molecule has 176 valence electrons. The van der Waals surface area contributed by atoms with Crippen molar-refractivity contribution in [1.82, 2.24) is 9.80 Å². The first kappa shape index (κ1) is 22.3. The average molecular weight is 481 g/mol. The summed E-state index contributed by atoms with van der Waals surface area (Å²) in [7, 11) is 0. The van der Waals surface area contributed by atoms with Crippen molar-refractivity contribution >= 4 is 23.4 Å². The molecule has 1 unspecified atom stereocenters. The molecule has 7 nitrogen and oxygen atoms in total. The highest BCUT2D eigenvalue weighted by Gasteiger charge is 2.37. The van der Waals surface area contributed by atoms with Gasteiger partial charge >= 0.3 is 0 Å². The van der Waals surface area contributed by atoms with Crippen LogP contribution < -0.4 is 9.47 Å². The number of benzene rings is 2. The van der Waals surface area contributed by atoms with Gasteiger partial charge in [0.05, 0.1) is 12.8 Å². The molecule has 0 saturated heterocycles. The number of carbonyl (C=O) groups is 2. The number of carbonyl (C=O) groups excluding carboxylic acids is 2. The van der Waals surface area contributed by atoms with Gasteiger partial charge in [-0.25, -0.2) is 0 Å². The molecule has 0 spiro atoms. The van der Waals surface area contributed by atoms with Crippen LogP contribution in [0.4, 0.5) is 0 Å². The monoisotopic (exact) mass is 480 g/mol. The minimum absolute atomic E-state index is 0.0369. The maximum absolute atomic E-state index is 13.5. The second kappa shape index (κ2) is 9.81. The maximum atomic E-state index is 13.5. The summed E-state index contributed by atoms with van der Waals surface area (Å²) in [5.41, 5.74) is 1.62. The Bertz CT molecular complexity index is 1150. The summed E-state index contributed by atoms with van der Waals surface area (Å²) in [4.78, 5) is 30.1. The highest BCUT2D eigenvalue weighted by Crippen LogP contribution is 2.34. The molecule has 1 aromatic heterocycles. The average Bonchev–Trinajstić information content (AvgIpc) is 3.36. The SMILES string of the molecule is O=C(CN(C(=O)C(Cl)c1ccccc1)C1CC1)N(Cc1ccc2c(c1)OCO2)Cc1ccco1. The van der Waals surface area contributed by atoms with Crippen molar-refractivity contribution in [2.24, 2.45) is 0 Å². The summed E-state index contributed by atoms with van der Waals surface area (Å²) in [5, 5.41) is -0.831. The molecule has 3 aromatic rings. The molecule has 0 N–H and O–H groups in total. The van der Waals surface area contributed by atoms with Crippen LogP contribution in [0.5, 0.6) is 11.5 Å². The summed E-state index contributed by atoms with van der Waals surface area (Å²) in [5.74, 6) is 1.59. The Morgan fingerprint density at radius 3 is 2.50 bits per heavy atom. The number of amides is 2. The number of ether oxygens (including phenoxy) is 2. The number of halogens is 1. The lowest BCUT2D eigenvalue weighted by molar-refractivity contribution is -0.141. The van der Waals surface area contributed by atoms with Gasteiger partial charge < -0.3 is 23.7 Å². The predicted octanol–water partition coefficient (Wildman–Crippen LogP) is 4.51. The molecule has 8 heteroatoms. The molecule has 0 bridgehead atoms. The number of furan rings is 1. The zero-order chi connectivity index (χ0) is 23.5. The smallest absolute Gasteiger partial charge is 0.245 e. The minimum Gasteiger partial charge on any atom is -0.467 e. The Hall–Kier alpha value is -3.45. The Morgan fingerprint density at radius 2 is 1.76 bits per heavy atom. The summed E-state index contributed by atoms with van der Waals surface area (Å²) < 4.78 is 16.4. The number of nitrogens with zero attached hydrogens (tertiary/aromatic N) is 2. The molecule has 2 aromatic carbocycles. The van der Waals surface area contributed by atoms with Crippen molar-refractivity contribution in [1.29, 1.82) is 0 Å². The van der Waals surface area contributed by atoms with E-state index >= 15 is 0 Å². The molecule has 2 amide bonds. The van der Waals surface area contributed by atoms with Crippen molar-refractivity contribution in [3.63, 3.8) is 0 Å². The van der Waals surface area contributed by atoms with Gasteiger partial charge in [-0.1, -0.05) is 36.4 Å². The van der Waals surface area contributed by atoms with Gasteiger partial charge in [0.25, 0.3) is 0 Å². The van der Waals surface area contributed by atoms with Crippen LogP contribution >= 0.6 is 11.6 Å². The molecular formula is C26H25ClN2O5. The van der Waals surface area contributed by atoms with Crippen LogP contribution in [-0.4, -0.2) is 41.0 Å². The van der Waals surface area contributed by atoms with E-state index in [2.05, 4.69) is 0 Å². The zero-order valence-electron chi connectivity index (χ0n) is 18.6. The number of rotatable bonds is 9. The van der Waals surface area contributed by atoms with E-state index < -0.39 is 5.38 Å². The largest absolute Gasteiger partial charge is 0.467 e. The first-order valence-electron chi connectivity index (χ1n) is 11.3. The zero-order valence-corrected chi connectivity index (χ0v) is 19.3. The van der Waals surface area contributed by atoms with E-state index in [4.69, 9.17) is 25.5 Å². The van der Waals surface area contributed by atoms with Crippen LogP contribution in [-0.2, 0) is 22.7 Å². The van der Waals surface area contributed by atoms with E-state index in [-0.39, 0.29) is 37.7 Å². The first-order valence-corrected chi connectivity index (χ1v) is 11.7. The van der Waals surface area contributed by atoms with Crippen LogP contribution in [0.2, 0.25) is 0 Å². The van der Waals surface area contributed by atoms with E-state index in [1.54, 1.807) is 22.1 Å². The fourth-order valence-corrected chi connectivity index (χ4v) is 4.28. The number of hydrogen-bond donors (Lipinski definition) is 0. The molecule has 2 heterocycles. The topological polar surface area (TPSA) is 72.2 Å². The van der Waals surface area contributed by atoms with Crippen LogP contribution in [0.3, 0.4) is 0 Å². The summed E-state index contributed by atoms with van der Waals surface area (Å²) in [6, 6.07) is 18.5. The lowest BCUT2D eigenvalue weighted by Crippen LogP contribution is -2.44. The lowest BCUT2D eigenvalue weighted by atomic mass is 10.1. The van der Waals surface area contributed by atoms with Crippen LogP contribution in [0.25, 0.3) is 0 Å². The van der Waals surface area contributed by atoms with Crippen LogP contribution in [0.1, 0.15) is 35.1 Å². The maximum Gasteiger partial charge on any atom is 0.245 e. The van der Waals surface area contributed by atoms with Gasteiger partial charge in [0.15, 0.2) is 11.5 Å². The van der Waals surface area contributed by atoms with Crippen LogP contribution in [0.15, 0.2) is 71.3 Å². The number of alkyl halides is 1. The van der Waals surface area contributed by atoms with Gasteiger partial charge in [-0.15, -0.1) is 11.6 Å². The van der Waals surface area contributed by atoms with Gasteiger partial charge in [-0.05, 0) is 48.2 Å². The lowest BCUT2D eigenvalue weighted by Gasteiger charge is -2.28. The highest BCUT2D eigenvalue weighted by molar-refractivity contribution is 6.30. The molecular weight excluding hydrogens is 456 g/mol. The Morgan fingerprint density at radius 1 is 0.971 bits per heavy atom. The standard InChI is InChI=1S/C26H25ClN2O5/c27-25(19-5-2-1-3-6-19)26(31)29(20-9-10-20)16-24(30)28(15-21-7-4-12-32-21)14-18-8-11-22-23(13-18)34-17-33-22/h1-8,11-13,20,25H,9-10,14-17H2. The fraction of sp³-hybridized carbons (Fsp3) is 0.308. The summed E-state index contributed by atoms with van der Waals surface area (Å²) >= 11 is 6.53. The van der Waals surface area contributed by atoms with Gasteiger partial charge in [0.2, 0.25) is 18.6 Å². The third-order valence-electron chi connectivity index (χ3n) is 5.98. The van der Waals surface area contributed by atoms with E-state index in [0.29, 0.717) is 23.8 Å². The second-order valence-electron chi connectivity index (χ2n) is 8.49. The molecule has 1 fully saturated rings. The molecule has 1 atom stereocenters. The third kappa shape index (κ3) is 5.04. The van der Waals surface area contributed by atoms with Gasteiger partial charge in [-0.2, -0.15) is 0 Å². The van der Waals surface area contributed by atoms with Crippen molar-refractivity contribution in [3.05, 3.63) is 83.8 Å². The van der Waals surface area contributed by atoms with E-state index in [1.165, 1.54) is 0 Å². The third-order valence-corrected chi connectivity index (χ3v) is 6.41. The Kier molecular flexibility index (Phi) is 6.45. The Labute approximate surface area is 202 Å². The quantitative estimate of drug-likeness (QED) is 0.421. The summed E-state index contributed by atoms with van der Waals surface area (Å²) in [6.45, 7) is 0.778. The molecule has 1 aliphatic carbocycles. The first-order chi connectivity index (χ1) is 16.6. The molecule has 2 aliphatic rings. The second-order valence-corrected chi connectivity index (χ2v) is 8.92. The van der Waals surface area contributed by atoms with E-state index in [1.807, 2.05) is 54.6 Å². The van der Waals surface area contributed by atoms with Gasteiger partial charge in [0.1, 0.15) is 17.7 Å². The number of fused-ring (bicyclic) bond motifs is 1. The fourth-order valence-electron chi connectivity index (χ4n) is 4.01. The molecule has 1 saturated carbocycles. The van der Waals surface area contributed by atoms with Crippen molar-refractivity contribution < 1.29 is 23.5 Å². The Balaban J connectivity index is 1.33. The molecule has 5 rings (SSSR count). The number of hydrogen-bond acceptors (Lipinski definition) is 5. The normalized spacial score (nSPS) is 15.1. The molecule has 1 aliphatic heterocycles. The predicted molar refractivity (Wildman–Crippen MR) is 125 cm³/mol. The van der Waals surface area contributed by atoms with Crippen molar-refractivity contribution in [2.75, 3.05) is 13.3 Å². The van der Waals surface area contributed by atoms with E-state index in [9.17, 15) is 9.59 Å². The minimum atomic E-state index is -0.831. The summed E-state index contributed by atoms with van der Waals surface area (Å²) in [6.07, 6.45) is 3.33. The highest BCUT2D eigenvalue weighted by atomic mass is 35.5. The van der Waals surface area contributed by atoms with E-state index in [0.717, 1.165) is 24.0 Å². The molecule has 0 radical (unpaired) electrons. The van der Waals surface area contributed by atoms with Crippen LogP contribution in [0, 0.1) is 0 Å². The molecule has 34 heavy (non-hydrogen) atoms. The van der Waals surface area contributed by atoms with Crippen molar-refractivity contribution in [3.8, 4) is 11.5 Å². The van der Waals surface area contributed by atoms with Gasteiger partial charge in [-0.3, -0.25) is 9.59 Å². The van der Waals surface area contributed by atoms with Crippen molar-refractivity contribution in [2.45, 2.75) is 37.4 Å². The van der Waals surface area contributed by atoms with Gasteiger partial charge in [0, 0.05) is 12.6 Å².